The van der Waals surface area contributed by atoms with E-state index in [1.165, 1.54) is 30.8 Å². The minimum atomic E-state index is -0.378. The number of amides is 2. The first-order valence-corrected chi connectivity index (χ1v) is 12.7. The lowest BCUT2D eigenvalue weighted by atomic mass is 10.0. The number of nitrogens with zero attached hydrogens (tertiary/aromatic N) is 5. The molecule has 9 nitrogen and oxygen atoms in total. The van der Waals surface area contributed by atoms with Crippen LogP contribution in [0.4, 0.5) is 5.13 Å². The van der Waals surface area contributed by atoms with Crippen LogP contribution in [0.2, 0.25) is 10.3 Å². The van der Waals surface area contributed by atoms with Crippen molar-refractivity contribution in [3.8, 4) is 16.9 Å². The van der Waals surface area contributed by atoms with Gasteiger partial charge in [0.25, 0.3) is 11.8 Å². The van der Waals surface area contributed by atoms with Gasteiger partial charge in [0.15, 0.2) is 5.13 Å². The minimum Gasteiger partial charge on any atom is -0.494 e. The maximum Gasteiger partial charge on any atom is 0.273 e. The monoisotopic (exact) mass is 554 g/mol. The molecule has 0 atom stereocenters. The van der Waals surface area contributed by atoms with Crippen LogP contribution in [-0.2, 0) is 13.1 Å². The van der Waals surface area contributed by atoms with Gasteiger partial charge in [-0.05, 0) is 37.6 Å². The molecule has 37 heavy (non-hydrogen) atoms. The van der Waals surface area contributed by atoms with Crippen LogP contribution in [0.5, 0.6) is 5.75 Å². The van der Waals surface area contributed by atoms with E-state index in [1.807, 2.05) is 13.8 Å². The molecule has 0 aromatic carbocycles. The van der Waals surface area contributed by atoms with Crippen LogP contribution in [0.3, 0.4) is 0 Å². The summed E-state index contributed by atoms with van der Waals surface area (Å²) in [5, 5.41) is 3.84. The van der Waals surface area contributed by atoms with Crippen LogP contribution in [0.25, 0.3) is 11.1 Å². The Morgan fingerprint density at radius 1 is 1.03 bits per heavy atom. The van der Waals surface area contributed by atoms with Crippen LogP contribution >= 0.6 is 34.5 Å². The summed E-state index contributed by atoms with van der Waals surface area (Å²) in [7, 11) is 1.52. The number of halogens is 2. The molecule has 1 aliphatic rings. The normalized spacial score (nSPS) is 12.4. The Kier molecular flexibility index (Phi) is 6.80. The number of pyridine rings is 3. The van der Waals surface area contributed by atoms with E-state index in [-0.39, 0.29) is 22.1 Å². The zero-order valence-corrected chi connectivity index (χ0v) is 22.3. The van der Waals surface area contributed by atoms with Gasteiger partial charge < -0.3 is 9.64 Å². The van der Waals surface area contributed by atoms with E-state index in [0.717, 1.165) is 21.8 Å². The molecule has 0 spiro atoms. The van der Waals surface area contributed by atoms with Gasteiger partial charge in [-0.15, -0.1) is 0 Å². The predicted molar refractivity (Wildman–Crippen MR) is 141 cm³/mol. The van der Waals surface area contributed by atoms with Crippen molar-refractivity contribution < 1.29 is 14.3 Å². The Hall–Kier alpha value is -3.60. The van der Waals surface area contributed by atoms with Gasteiger partial charge >= 0.3 is 0 Å². The molecule has 0 saturated heterocycles. The van der Waals surface area contributed by atoms with Gasteiger partial charge in [-0.3, -0.25) is 19.9 Å². The number of anilines is 1. The largest absolute Gasteiger partial charge is 0.494 e. The van der Waals surface area contributed by atoms with Gasteiger partial charge in [0.05, 0.1) is 42.5 Å². The predicted octanol–water partition coefficient (Wildman–Crippen LogP) is 5.34. The van der Waals surface area contributed by atoms with Crippen molar-refractivity contribution in [3.05, 3.63) is 80.1 Å². The van der Waals surface area contributed by atoms with Crippen LogP contribution in [0.15, 0.2) is 36.7 Å². The summed E-state index contributed by atoms with van der Waals surface area (Å²) in [5.74, 6) is -0.112. The number of thiazole rings is 1. The summed E-state index contributed by atoms with van der Waals surface area (Å²) in [4.78, 5) is 45.9. The zero-order valence-electron chi connectivity index (χ0n) is 20.0. The molecule has 0 aliphatic carbocycles. The molecule has 4 aromatic rings. The number of aromatic nitrogens is 4. The van der Waals surface area contributed by atoms with E-state index in [2.05, 4.69) is 25.3 Å². The van der Waals surface area contributed by atoms with Gasteiger partial charge in [-0.1, -0.05) is 40.6 Å². The lowest BCUT2D eigenvalue weighted by Gasteiger charge is -2.16. The second-order valence-corrected chi connectivity index (χ2v) is 10.2. The van der Waals surface area contributed by atoms with Crippen LogP contribution in [0, 0.1) is 13.8 Å². The fourth-order valence-corrected chi connectivity index (χ4v) is 5.31. The smallest absolute Gasteiger partial charge is 0.273 e. The molecule has 4 aromatic heterocycles. The highest BCUT2D eigenvalue weighted by Gasteiger charge is 2.30. The standard InChI is InChI=1S/C25H20Cl2N6O3S/c1-12-4-5-20(26)31-22(12)24(35)33-10-17-19(11-33)37-25(30-17)32-23(34)16-8-28-13(2)6-14(16)15-7-21(27)29-9-18(15)36-3/h4-9H,10-11H2,1-3H3,(H,30,32,34). The quantitative estimate of drug-likeness (QED) is 0.331. The van der Waals surface area contributed by atoms with Crippen LogP contribution < -0.4 is 10.1 Å². The molecule has 0 fully saturated rings. The highest BCUT2D eigenvalue weighted by Crippen LogP contribution is 2.35. The first-order valence-electron chi connectivity index (χ1n) is 11.1. The van der Waals surface area contributed by atoms with Gasteiger partial charge in [0.1, 0.15) is 21.7 Å². The van der Waals surface area contributed by atoms with Crippen molar-refractivity contribution in [2.24, 2.45) is 0 Å². The molecule has 188 valence electrons. The van der Waals surface area contributed by atoms with Crippen molar-refractivity contribution in [2.75, 3.05) is 12.4 Å². The average molecular weight is 555 g/mol. The molecule has 12 heteroatoms. The van der Waals surface area contributed by atoms with Gasteiger partial charge in [-0.2, -0.15) is 0 Å². The number of ether oxygens (including phenoxy) is 1. The minimum absolute atomic E-state index is 0.212. The molecule has 5 rings (SSSR count). The first-order chi connectivity index (χ1) is 17.7. The number of fused-ring (bicyclic) bond motifs is 1. The third-order valence-electron chi connectivity index (χ3n) is 5.86. The SMILES string of the molecule is COc1cnc(Cl)cc1-c1cc(C)ncc1C(=O)Nc1nc2c(s1)CN(C(=O)c1nc(Cl)ccc1C)C2. The van der Waals surface area contributed by atoms with E-state index in [0.29, 0.717) is 46.4 Å². The highest BCUT2D eigenvalue weighted by molar-refractivity contribution is 7.16. The van der Waals surface area contributed by atoms with E-state index in [1.54, 1.807) is 29.2 Å². The van der Waals surface area contributed by atoms with Gasteiger partial charge in [-0.25, -0.2) is 15.0 Å². The molecule has 0 unspecified atom stereocenters. The summed E-state index contributed by atoms with van der Waals surface area (Å²) in [5.41, 5.74) is 4.10. The molecule has 0 saturated carbocycles. The van der Waals surface area contributed by atoms with Gasteiger partial charge in [0, 0.05) is 23.0 Å². The maximum absolute atomic E-state index is 13.3. The molecular weight excluding hydrogens is 535 g/mol. The van der Waals surface area contributed by atoms with E-state index >= 15 is 0 Å². The number of carbonyl (C=O) groups excluding carboxylic acids is 2. The topological polar surface area (TPSA) is 110 Å². The Labute approximate surface area is 226 Å². The third-order valence-corrected chi connectivity index (χ3v) is 7.27. The van der Waals surface area contributed by atoms with E-state index in [9.17, 15) is 9.59 Å². The lowest BCUT2D eigenvalue weighted by Crippen LogP contribution is -2.27. The van der Waals surface area contributed by atoms with Crippen molar-refractivity contribution in [1.82, 2.24) is 24.8 Å². The molecular formula is C25H20Cl2N6O3S. The first kappa shape index (κ1) is 25.1. The summed E-state index contributed by atoms with van der Waals surface area (Å²) >= 11 is 13.4. The van der Waals surface area contributed by atoms with Crippen LogP contribution in [0.1, 0.15) is 42.7 Å². The van der Waals surface area contributed by atoms with Crippen molar-refractivity contribution in [3.63, 3.8) is 0 Å². The molecule has 1 aliphatic heterocycles. The van der Waals surface area contributed by atoms with Gasteiger partial charge in [0.2, 0.25) is 0 Å². The summed E-state index contributed by atoms with van der Waals surface area (Å²) in [6, 6.07) is 6.86. The summed E-state index contributed by atoms with van der Waals surface area (Å²) in [6.07, 6.45) is 3.02. The number of methoxy groups -OCH3 is 1. The number of aryl methyl sites for hydroxylation is 2. The number of carbonyl (C=O) groups is 2. The van der Waals surface area contributed by atoms with Crippen LogP contribution in [-0.4, -0.2) is 43.8 Å². The van der Waals surface area contributed by atoms with Crippen molar-refractivity contribution >= 4 is 51.5 Å². The Morgan fingerprint density at radius 3 is 2.59 bits per heavy atom. The molecule has 1 N–H and O–H groups in total. The second kappa shape index (κ2) is 10.0. The third kappa shape index (κ3) is 5.00. The molecule has 5 heterocycles. The lowest BCUT2D eigenvalue weighted by molar-refractivity contribution is 0.0744. The maximum atomic E-state index is 13.3. The fourth-order valence-electron chi connectivity index (χ4n) is 4.03. The molecule has 0 bridgehead atoms. The number of nitrogens with one attached hydrogen (secondary N) is 1. The number of hydrogen-bond acceptors (Lipinski definition) is 8. The summed E-state index contributed by atoms with van der Waals surface area (Å²) in [6.45, 7) is 4.34. The van der Waals surface area contributed by atoms with Crippen molar-refractivity contribution in [2.45, 2.75) is 26.9 Å². The fraction of sp³-hybridized carbons (Fsp3) is 0.200. The molecule has 0 radical (unpaired) electrons. The van der Waals surface area contributed by atoms with E-state index < -0.39 is 0 Å². The summed E-state index contributed by atoms with van der Waals surface area (Å²) < 4.78 is 5.44. The highest BCUT2D eigenvalue weighted by atomic mass is 35.5. The number of hydrogen-bond donors (Lipinski definition) is 1. The Morgan fingerprint density at radius 2 is 1.84 bits per heavy atom. The van der Waals surface area contributed by atoms with E-state index in [4.69, 9.17) is 27.9 Å². The Bertz CT molecular complexity index is 1530. The zero-order chi connectivity index (χ0) is 26.3. The Balaban J connectivity index is 1.36. The van der Waals surface area contributed by atoms with Crippen molar-refractivity contribution in [1.29, 1.82) is 0 Å². The number of rotatable bonds is 5. The molecule has 2 amide bonds. The second-order valence-electron chi connectivity index (χ2n) is 8.38. The average Bonchev–Trinajstić information content (AvgIpc) is 3.43.